The van der Waals surface area contributed by atoms with E-state index in [1.54, 1.807) is 12.1 Å². The number of sulfone groups is 1. The Morgan fingerprint density at radius 1 is 0.915 bits per heavy atom. The van der Waals surface area contributed by atoms with Crippen LogP contribution < -0.4 is 5.32 Å². The van der Waals surface area contributed by atoms with Crippen molar-refractivity contribution in [1.29, 1.82) is 0 Å². The first-order chi connectivity index (χ1) is 22.3. The Hall–Kier alpha value is -2.67. The lowest BCUT2D eigenvalue weighted by Crippen LogP contribution is -2.51. The summed E-state index contributed by atoms with van der Waals surface area (Å²) in [5.41, 5.74) is 2.61. The van der Waals surface area contributed by atoms with Gasteiger partial charge in [0.05, 0.1) is 9.79 Å². The highest BCUT2D eigenvalue weighted by Crippen LogP contribution is 2.67. The van der Waals surface area contributed by atoms with Crippen LogP contribution in [-0.2, 0) is 14.6 Å². The Kier molecular flexibility index (Phi) is 9.70. The topological polar surface area (TPSA) is 72.5 Å². The minimum Gasteiger partial charge on any atom is -0.446 e. The maximum atomic E-state index is 13.3. The van der Waals surface area contributed by atoms with Crippen molar-refractivity contribution < 1.29 is 22.3 Å². The summed E-state index contributed by atoms with van der Waals surface area (Å²) in [5.74, 6) is 4.29. The number of carbonyl (C=O) groups excluding carboxylic acids is 1. The molecular weight excluding hydrogens is 610 g/mol. The van der Waals surface area contributed by atoms with E-state index < -0.39 is 21.7 Å². The van der Waals surface area contributed by atoms with Gasteiger partial charge in [0.1, 0.15) is 11.9 Å². The summed E-state index contributed by atoms with van der Waals surface area (Å²) in [6.45, 7) is 12.4. The zero-order valence-corrected chi connectivity index (χ0v) is 29.8. The first-order valence-corrected chi connectivity index (χ1v) is 19.6. The molecule has 5 nitrogen and oxygen atoms in total. The van der Waals surface area contributed by atoms with Gasteiger partial charge in [0, 0.05) is 12.1 Å². The van der Waals surface area contributed by atoms with Crippen LogP contribution >= 0.6 is 0 Å². The van der Waals surface area contributed by atoms with Gasteiger partial charge in [-0.15, -0.1) is 0 Å². The van der Waals surface area contributed by atoms with Crippen LogP contribution in [0.5, 0.6) is 0 Å². The van der Waals surface area contributed by atoms with E-state index >= 15 is 0 Å². The van der Waals surface area contributed by atoms with E-state index in [2.05, 4.69) is 46.0 Å². The SMILES string of the molecule is CC(C)CCCC(C)C1CCC2C3CC=C4CC(OC(=O)Nc5ccc(S(=O)(=O)c6ccc(F)cc6)cc5)CCC4(C)C3CCC12C. The molecule has 0 aromatic heterocycles. The predicted molar refractivity (Wildman–Crippen MR) is 185 cm³/mol. The monoisotopic (exact) mass is 663 g/mol. The van der Waals surface area contributed by atoms with Gasteiger partial charge in [0.15, 0.2) is 0 Å². The second kappa shape index (κ2) is 13.3. The fraction of sp³-hybridized carbons (Fsp3) is 0.625. The molecule has 256 valence electrons. The van der Waals surface area contributed by atoms with Crippen LogP contribution in [0.15, 0.2) is 70.0 Å². The van der Waals surface area contributed by atoms with Crippen molar-refractivity contribution in [3.05, 3.63) is 66.0 Å². The average Bonchev–Trinajstić information content (AvgIpc) is 3.39. The summed E-state index contributed by atoms with van der Waals surface area (Å²) in [6.07, 6.45) is 15.3. The Bertz CT molecular complexity index is 1570. The van der Waals surface area contributed by atoms with Gasteiger partial charge in [-0.1, -0.05) is 65.5 Å². The van der Waals surface area contributed by atoms with Crippen LogP contribution in [-0.4, -0.2) is 20.6 Å². The lowest BCUT2D eigenvalue weighted by molar-refractivity contribution is -0.0577. The second-order valence-electron chi connectivity index (χ2n) is 16.2. The number of ether oxygens (including phenoxy) is 1. The van der Waals surface area contributed by atoms with Gasteiger partial charge in [-0.25, -0.2) is 17.6 Å². The Balaban J connectivity index is 1.05. The summed E-state index contributed by atoms with van der Waals surface area (Å²) in [4.78, 5) is 13.0. The molecule has 8 unspecified atom stereocenters. The van der Waals surface area contributed by atoms with Crippen molar-refractivity contribution in [3.63, 3.8) is 0 Å². The van der Waals surface area contributed by atoms with Crippen LogP contribution in [0.3, 0.4) is 0 Å². The molecule has 0 bridgehead atoms. The number of hydrogen-bond acceptors (Lipinski definition) is 4. The first kappa shape index (κ1) is 34.2. The minimum atomic E-state index is -3.79. The number of halogens is 1. The number of carbonyl (C=O) groups is 1. The molecule has 0 radical (unpaired) electrons. The van der Waals surface area contributed by atoms with Gasteiger partial charge in [-0.05, 0) is 140 Å². The van der Waals surface area contributed by atoms with E-state index in [0.29, 0.717) is 11.1 Å². The van der Waals surface area contributed by atoms with E-state index in [1.807, 2.05) is 0 Å². The summed E-state index contributed by atoms with van der Waals surface area (Å²) in [6, 6.07) is 10.7. The minimum absolute atomic E-state index is 0.0171. The average molecular weight is 664 g/mol. The van der Waals surface area contributed by atoms with Crippen molar-refractivity contribution in [1.82, 2.24) is 0 Å². The molecule has 3 fully saturated rings. The normalized spacial score (nSPS) is 32.5. The Morgan fingerprint density at radius 3 is 2.28 bits per heavy atom. The summed E-state index contributed by atoms with van der Waals surface area (Å²) in [5, 5.41) is 2.78. The predicted octanol–water partition coefficient (Wildman–Crippen LogP) is 10.6. The third-order valence-electron chi connectivity index (χ3n) is 13.1. The molecule has 6 rings (SSSR count). The lowest BCUT2D eigenvalue weighted by atomic mass is 9.47. The largest absolute Gasteiger partial charge is 0.446 e. The number of allylic oxidation sites excluding steroid dienone is 1. The molecule has 4 aliphatic rings. The third-order valence-corrected chi connectivity index (χ3v) is 14.9. The summed E-state index contributed by atoms with van der Waals surface area (Å²) >= 11 is 0. The molecule has 0 saturated heterocycles. The third kappa shape index (κ3) is 6.67. The number of rotatable bonds is 9. The van der Waals surface area contributed by atoms with Crippen LogP contribution in [0.1, 0.15) is 105 Å². The Morgan fingerprint density at radius 2 is 1.60 bits per heavy atom. The number of anilines is 1. The molecule has 1 N–H and O–H groups in total. The van der Waals surface area contributed by atoms with E-state index in [4.69, 9.17) is 4.74 Å². The van der Waals surface area contributed by atoms with Crippen LogP contribution in [0.4, 0.5) is 14.9 Å². The molecule has 0 aliphatic heterocycles. The number of hydrogen-bond donors (Lipinski definition) is 1. The van der Waals surface area contributed by atoms with E-state index in [0.717, 1.165) is 73.3 Å². The van der Waals surface area contributed by atoms with Gasteiger partial charge < -0.3 is 4.74 Å². The molecule has 4 aliphatic carbocycles. The van der Waals surface area contributed by atoms with Crippen molar-refractivity contribution in [2.24, 2.45) is 46.3 Å². The molecule has 2 aromatic carbocycles. The molecule has 7 heteroatoms. The molecule has 1 amide bonds. The standard InChI is InChI=1S/C40H54FNO4S/c1-26(2)7-6-8-27(3)35-19-20-36-34-18-9-28-25-31(21-23-39(28,4)37(34)22-24-40(35,36)5)46-38(43)42-30-12-16-33(17-13-30)47(44,45)32-14-10-29(41)11-15-32/h9-17,26-27,31,34-37H,6-8,18-25H2,1-5H3,(H,42,43). The molecule has 47 heavy (non-hydrogen) atoms. The van der Waals surface area contributed by atoms with Crippen LogP contribution in [0.2, 0.25) is 0 Å². The maximum absolute atomic E-state index is 13.3. The van der Waals surface area contributed by atoms with Crippen molar-refractivity contribution in [2.45, 2.75) is 121 Å². The zero-order valence-electron chi connectivity index (χ0n) is 28.9. The second-order valence-corrected chi connectivity index (χ2v) is 18.1. The van der Waals surface area contributed by atoms with Crippen LogP contribution in [0.25, 0.3) is 0 Å². The lowest BCUT2D eigenvalue weighted by Gasteiger charge is -2.58. The van der Waals surface area contributed by atoms with Gasteiger partial charge in [0.25, 0.3) is 0 Å². The van der Waals surface area contributed by atoms with E-state index in [9.17, 15) is 17.6 Å². The smallest absolute Gasteiger partial charge is 0.411 e. The summed E-state index contributed by atoms with van der Waals surface area (Å²) < 4.78 is 45.0. The van der Waals surface area contributed by atoms with Gasteiger partial charge in [-0.2, -0.15) is 0 Å². The van der Waals surface area contributed by atoms with Gasteiger partial charge >= 0.3 is 6.09 Å². The molecule has 2 aromatic rings. The number of amides is 1. The molecular formula is C40H54FNO4S. The molecule has 8 atom stereocenters. The van der Waals surface area contributed by atoms with Gasteiger partial charge in [-0.3, -0.25) is 5.32 Å². The highest BCUT2D eigenvalue weighted by molar-refractivity contribution is 7.91. The highest BCUT2D eigenvalue weighted by Gasteiger charge is 2.59. The van der Waals surface area contributed by atoms with Crippen molar-refractivity contribution in [3.8, 4) is 0 Å². The molecule has 0 heterocycles. The number of fused-ring (bicyclic) bond motifs is 5. The fourth-order valence-electron chi connectivity index (χ4n) is 10.5. The zero-order chi connectivity index (χ0) is 33.6. The van der Waals surface area contributed by atoms with Gasteiger partial charge in [0.2, 0.25) is 9.84 Å². The molecule has 0 spiro atoms. The summed E-state index contributed by atoms with van der Waals surface area (Å²) in [7, 11) is -3.79. The first-order valence-electron chi connectivity index (χ1n) is 18.1. The maximum Gasteiger partial charge on any atom is 0.411 e. The quantitative estimate of drug-likeness (QED) is 0.214. The van der Waals surface area contributed by atoms with Crippen LogP contribution in [0, 0.1) is 52.2 Å². The molecule has 3 saturated carbocycles. The number of nitrogens with one attached hydrogen (secondary N) is 1. The number of benzene rings is 2. The highest BCUT2D eigenvalue weighted by atomic mass is 32.2. The Labute approximate surface area is 282 Å². The van der Waals surface area contributed by atoms with Crippen molar-refractivity contribution >= 4 is 21.6 Å². The van der Waals surface area contributed by atoms with E-state index in [-0.39, 0.29) is 21.3 Å². The fourth-order valence-corrected chi connectivity index (χ4v) is 11.8. The van der Waals surface area contributed by atoms with Crippen molar-refractivity contribution in [2.75, 3.05) is 5.32 Å². The van der Waals surface area contributed by atoms with E-state index in [1.165, 1.54) is 74.8 Å².